The van der Waals surface area contributed by atoms with E-state index >= 15 is 0 Å². The Kier molecular flexibility index (Phi) is 4.75. The van der Waals surface area contributed by atoms with E-state index in [4.69, 9.17) is 23.2 Å². The second-order valence-corrected chi connectivity index (χ2v) is 6.50. The van der Waals surface area contributed by atoms with Crippen molar-refractivity contribution in [2.24, 2.45) is 0 Å². The lowest BCUT2D eigenvalue weighted by atomic mass is 10.1. The lowest BCUT2D eigenvalue weighted by Gasteiger charge is -2.14. The van der Waals surface area contributed by atoms with Gasteiger partial charge in [0.15, 0.2) is 5.78 Å². The van der Waals surface area contributed by atoms with Gasteiger partial charge in [-0.1, -0.05) is 41.4 Å². The largest absolute Gasteiger partial charge is 0.295 e. The van der Waals surface area contributed by atoms with E-state index in [9.17, 15) is 14.4 Å². The fourth-order valence-electron chi connectivity index (χ4n) is 2.62. The summed E-state index contributed by atoms with van der Waals surface area (Å²) in [6.45, 7) is 1.43. The number of amides is 2. The topological polar surface area (TPSA) is 54.5 Å². The highest BCUT2D eigenvalue weighted by Gasteiger charge is 2.35. The number of nitrogens with zero attached hydrogens (tertiary/aromatic N) is 1. The van der Waals surface area contributed by atoms with Gasteiger partial charge in [0, 0.05) is 21.2 Å². The summed E-state index contributed by atoms with van der Waals surface area (Å²) in [5, 5.41) is 0.890. The number of anilines is 1. The number of hydrogen-bond acceptors (Lipinski definition) is 3. The van der Waals surface area contributed by atoms with Crippen molar-refractivity contribution in [3.05, 3.63) is 69.2 Å². The van der Waals surface area contributed by atoms with E-state index in [1.54, 1.807) is 42.5 Å². The highest BCUT2D eigenvalue weighted by molar-refractivity contribution is 6.36. The number of rotatable bonds is 3. The molecule has 0 bridgehead atoms. The van der Waals surface area contributed by atoms with E-state index in [0.717, 1.165) is 4.90 Å². The molecule has 4 nitrogen and oxygen atoms in total. The van der Waals surface area contributed by atoms with Crippen LogP contribution in [0.4, 0.5) is 5.69 Å². The van der Waals surface area contributed by atoms with Gasteiger partial charge in [0.05, 0.1) is 12.1 Å². The first-order valence-corrected chi connectivity index (χ1v) is 8.26. The van der Waals surface area contributed by atoms with Gasteiger partial charge in [0.2, 0.25) is 5.91 Å². The van der Waals surface area contributed by atoms with Crippen LogP contribution in [0, 0.1) is 0 Å². The Morgan fingerprint density at radius 3 is 2.56 bits per heavy atom. The minimum absolute atomic E-state index is 0.0257. The quantitative estimate of drug-likeness (QED) is 0.450. The molecule has 0 aliphatic carbocycles. The molecule has 0 aromatic heterocycles. The Balaban J connectivity index is 1.96. The van der Waals surface area contributed by atoms with Crippen molar-refractivity contribution in [3.8, 4) is 0 Å². The molecule has 0 atom stereocenters. The van der Waals surface area contributed by atoms with Gasteiger partial charge < -0.3 is 0 Å². The number of hydrogen-bond donors (Lipinski definition) is 0. The molecular formula is C19H13Cl2NO3. The number of carbonyl (C=O) groups is 3. The maximum atomic E-state index is 12.7. The lowest BCUT2D eigenvalue weighted by Crippen LogP contribution is -2.29. The van der Waals surface area contributed by atoms with E-state index in [1.807, 2.05) is 0 Å². The predicted octanol–water partition coefficient (Wildman–Crippen LogP) is 4.54. The molecule has 0 unspecified atom stereocenters. The van der Waals surface area contributed by atoms with Crippen LogP contribution in [-0.4, -0.2) is 17.6 Å². The minimum atomic E-state index is -0.420. The zero-order valence-electron chi connectivity index (χ0n) is 13.3. The molecule has 0 radical (unpaired) electrons. The zero-order valence-corrected chi connectivity index (χ0v) is 14.8. The Morgan fingerprint density at radius 2 is 1.88 bits per heavy atom. The molecular weight excluding hydrogens is 361 g/mol. The average Bonchev–Trinajstić information content (AvgIpc) is 2.84. The van der Waals surface area contributed by atoms with Gasteiger partial charge in [-0.05, 0) is 42.8 Å². The second-order valence-electron chi connectivity index (χ2n) is 5.65. The van der Waals surface area contributed by atoms with Crippen molar-refractivity contribution in [3.63, 3.8) is 0 Å². The molecule has 2 aromatic rings. The van der Waals surface area contributed by atoms with Crippen LogP contribution in [0.15, 0.2) is 48.0 Å². The van der Waals surface area contributed by atoms with Crippen molar-refractivity contribution in [1.82, 2.24) is 0 Å². The summed E-state index contributed by atoms with van der Waals surface area (Å²) in [5.41, 5.74) is 1.77. The SMILES string of the molecule is CC(=O)c1cccc(N2C(=O)C/C(=C/c3ccc(Cl)cc3Cl)C2=O)c1. The molecule has 2 amide bonds. The predicted molar refractivity (Wildman–Crippen MR) is 98.0 cm³/mol. The first-order chi connectivity index (χ1) is 11.9. The molecule has 0 spiro atoms. The highest BCUT2D eigenvalue weighted by atomic mass is 35.5. The number of carbonyl (C=O) groups excluding carboxylic acids is 3. The first kappa shape index (κ1) is 17.4. The van der Waals surface area contributed by atoms with Gasteiger partial charge in [-0.25, -0.2) is 4.90 Å². The van der Waals surface area contributed by atoms with Crippen LogP contribution in [-0.2, 0) is 9.59 Å². The zero-order chi connectivity index (χ0) is 18.1. The summed E-state index contributed by atoms with van der Waals surface area (Å²) in [4.78, 5) is 37.6. The number of imide groups is 1. The average molecular weight is 374 g/mol. The molecule has 126 valence electrons. The number of ketones is 1. The van der Waals surface area contributed by atoms with Crippen molar-refractivity contribution in [2.45, 2.75) is 13.3 Å². The molecule has 1 saturated heterocycles. The summed E-state index contributed by atoms with van der Waals surface area (Å²) in [6.07, 6.45) is 1.57. The number of Topliss-reactive ketones (excluding diaryl/α,β-unsaturated/α-hetero) is 1. The molecule has 1 aliphatic rings. The maximum absolute atomic E-state index is 12.7. The van der Waals surface area contributed by atoms with Crippen LogP contribution in [0.3, 0.4) is 0 Å². The Hall–Kier alpha value is -2.43. The summed E-state index contributed by atoms with van der Waals surface area (Å²) in [6, 6.07) is 11.4. The molecule has 1 heterocycles. The van der Waals surface area contributed by atoms with Gasteiger partial charge in [-0.2, -0.15) is 0 Å². The lowest BCUT2D eigenvalue weighted by molar-refractivity contribution is -0.120. The van der Waals surface area contributed by atoms with Crippen molar-refractivity contribution in [2.75, 3.05) is 4.90 Å². The monoisotopic (exact) mass is 373 g/mol. The molecule has 6 heteroatoms. The molecule has 2 aromatic carbocycles. The normalized spacial score (nSPS) is 16.0. The fourth-order valence-corrected chi connectivity index (χ4v) is 3.08. The molecule has 1 aliphatic heterocycles. The molecule has 25 heavy (non-hydrogen) atoms. The van der Waals surface area contributed by atoms with E-state index in [1.165, 1.54) is 13.0 Å². The summed E-state index contributed by atoms with van der Waals surface area (Å²) < 4.78 is 0. The smallest absolute Gasteiger partial charge is 0.261 e. The van der Waals surface area contributed by atoms with Crippen LogP contribution in [0.5, 0.6) is 0 Å². The van der Waals surface area contributed by atoms with Crippen LogP contribution in [0.2, 0.25) is 10.0 Å². The highest BCUT2D eigenvalue weighted by Crippen LogP contribution is 2.30. The first-order valence-electron chi connectivity index (χ1n) is 7.51. The third kappa shape index (κ3) is 3.50. The molecule has 3 rings (SSSR count). The van der Waals surface area contributed by atoms with Crippen LogP contribution in [0.1, 0.15) is 29.3 Å². The standard InChI is InChI=1S/C19H13Cl2NO3/c1-11(23)12-3-2-4-16(8-12)22-18(24)9-14(19(22)25)7-13-5-6-15(20)10-17(13)21/h2-8,10H,9H2,1H3/b14-7-. The van der Waals surface area contributed by atoms with Gasteiger partial charge in [-0.3, -0.25) is 14.4 Å². The van der Waals surface area contributed by atoms with Gasteiger partial charge >= 0.3 is 0 Å². The van der Waals surface area contributed by atoms with E-state index in [2.05, 4.69) is 0 Å². The fraction of sp³-hybridized carbons (Fsp3) is 0.105. The van der Waals surface area contributed by atoms with E-state index in [-0.39, 0.29) is 18.1 Å². The third-order valence-corrected chi connectivity index (χ3v) is 4.43. The number of benzene rings is 2. The van der Waals surface area contributed by atoms with Crippen molar-refractivity contribution in [1.29, 1.82) is 0 Å². The summed E-state index contributed by atoms with van der Waals surface area (Å²) in [5.74, 6) is -0.900. The van der Waals surface area contributed by atoms with Gasteiger partial charge in [-0.15, -0.1) is 0 Å². The molecule has 1 fully saturated rings. The van der Waals surface area contributed by atoms with Crippen LogP contribution in [0.25, 0.3) is 6.08 Å². The number of halogens is 2. The molecule has 0 N–H and O–H groups in total. The van der Waals surface area contributed by atoms with E-state index < -0.39 is 5.91 Å². The Morgan fingerprint density at radius 1 is 1.12 bits per heavy atom. The maximum Gasteiger partial charge on any atom is 0.261 e. The second kappa shape index (κ2) is 6.82. The van der Waals surface area contributed by atoms with Crippen LogP contribution < -0.4 is 4.90 Å². The van der Waals surface area contributed by atoms with E-state index in [0.29, 0.717) is 32.4 Å². The Bertz CT molecular complexity index is 934. The Labute approximate surface area is 154 Å². The van der Waals surface area contributed by atoms with Crippen molar-refractivity contribution < 1.29 is 14.4 Å². The minimum Gasteiger partial charge on any atom is -0.295 e. The van der Waals surface area contributed by atoms with Gasteiger partial charge in [0.25, 0.3) is 5.91 Å². The molecule has 0 saturated carbocycles. The van der Waals surface area contributed by atoms with Gasteiger partial charge in [0.1, 0.15) is 0 Å². The van der Waals surface area contributed by atoms with Crippen molar-refractivity contribution >= 4 is 52.6 Å². The summed E-state index contributed by atoms with van der Waals surface area (Å²) in [7, 11) is 0. The van der Waals surface area contributed by atoms with Crippen LogP contribution >= 0.6 is 23.2 Å². The summed E-state index contributed by atoms with van der Waals surface area (Å²) >= 11 is 12.0. The third-order valence-electron chi connectivity index (χ3n) is 3.87.